The molecule has 2 N–H and O–H groups in total. The molecule has 0 atom stereocenters. The summed E-state index contributed by atoms with van der Waals surface area (Å²) < 4.78 is 1.70. The Morgan fingerprint density at radius 3 is 2.37 bits per heavy atom. The van der Waals surface area contributed by atoms with Gasteiger partial charge in [-0.3, -0.25) is 9.59 Å². The standard InChI is InChI=1S/C20H21N5O2/c1-23-9-11-24(12-10-23)20(27)14-5-7-16(8-6-14)25-13-15-3-2-4-17(19(21)26)18(15)22-25/h2-8,13H,9-12H2,1H3,(H2,21,26). The summed E-state index contributed by atoms with van der Waals surface area (Å²) in [6.45, 7) is 3.28. The predicted octanol–water partition coefficient (Wildman–Crippen LogP) is 1.51. The lowest BCUT2D eigenvalue weighted by atomic mass is 10.1. The summed E-state index contributed by atoms with van der Waals surface area (Å²) in [6, 6.07) is 12.7. The van der Waals surface area contributed by atoms with Gasteiger partial charge < -0.3 is 15.5 Å². The first kappa shape index (κ1) is 17.2. The second kappa shape index (κ2) is 6.85. The quantitative estimate of drug-likeness (QED) is 0.764. The largest absolute Gasteiger partial charge is 0.366 e. The van der Waals surface area contributed by atoms with Gasteiger partial charge in [0.15, 0.2) is 0 Å². The molecule has 2 aromatic carbocycles. The van der Waals surface area contributed by atoms with Crippen LogP contribution in [0.5, 0.6) is 0 Å². The third-order valence-electron chi connectivity index (χ3n) is 4.97. The monoisotopic (exact) mass is 363 g/mol. The molecule has 1 aliphatic heterocycles. The van der Waals surface area contributed by atoms with E-state index in [1.807, 2.05) is 41.4 Å². The number of benzene rings is 2. The fourth-order valence-corrected chi connectivity index (χ4v) is 3.33. The van der Waals surface area contributed by atoms with E-state index in [0.29, 0.717) is 16.6 Å². The molecule has 0 bridgehead atoms. The Morgan fingerprint density at radius 2 is 1.70 bits per heavy atom. The Balaban J connectivity index is 1.59. The van der Waals surface area contributed by atoms with Gasteiger partial charge in [0.2, 0.25) is 0 Å². The topological polar surface area (TPSA) is 84.5 Å². The van der Waals surface area contributed by atoms with Crippen LogP contribution in [-0.4, -0.2) is 64.6 Å². The summed E-state index contributed by atoms with van der Waals surface area (Å²) in [5.41, 5.74) is 7.88. The van der Waals surface area contributed by atoms with Crippen molar-refractivity contribution in [3.63, 3.8) is 0 Å². The van der Waals surface area contributed by atoms with Gasteiger partial charge in [0.25, 0.3) is 11.8 Å². The maximum Gasteiger partial charge on any atom is 0.253 e. The molecule has 7 nitrogen and oxygen atoms in total. The average Bonchev–Trinajstić information content (AvgIpc) is 3.12. The smallest absolute Gasteiger partial charge is 0.253 e. The molecule has 1 aromatic heterocycles. The summed E-state index contributed by atoms with van der Waals surface area (Å²) in [5.74, 6) is -0.449. The third kappa shape index (κ3) is 3.29. The fourth-order valence-electron chi connectivity index (χ4n) is 3.33. The van der Waals surface area contributed by atoms with Gasteiger partial charge in [-0.1, -0.05) is 12.1 Å². The highest BCUT2D eigenvalue weighted by atomic mass is 16.2. The van der Waals surface area contributed by atoms with E-state index >= 15 is 0 Å². The number of nitrogens with zero attached hydrogens (tertiary/aromatic N) is 4. The van der Waals surface area contributed by atoms with Crippen molar-refractivity contribution in [2.45, 2.75) is 0 Å². The van der Waals surface area contributed by atoms with E-state index < -0.39 is 5.91 Å². The molecule has 1 saturated heterocycles. The Kier molecular flexibility index (Phi) is 4.37. The number of nitrogens with two attached hydrogens (primary N) is 1. The van der Waals surface area contributed by atoms with Crippen LogP contribution < -0.4 is 5.73 Å². The Morgan fingerprint density at radius 1 is 1.00 bits per heavy atom. The number of rotatable bonds is 3. The minimum absolute atomic E-state index is 0.0521. The van der Waals surface area contributed by atoms with Gasteiger partial charge in [-0.2, -0.15) is 5.10 Å². The molecule has 138 valence electrons. The van der Waals surface area contributed by atoms with Crippen LogP contribution in [-0.2, 0) is 0 Å². The van der Waals surface area contributed by atoms with Crippen molar-refractivity contribution in [3.05, 3.63) is 59.8 Å². The molecule has 27 heavy (non-hydrogen) atoms. The average molecular weight is 363 g/mol. The second-order valence-electron chi connectivity index (χ2n) is 6.82. The van der Waals surface area contributed by atoms with Crippen molar-refractivity contribution in [1.29, 1.82) is 0 Å². The van der Waals surface area contributed by atoms with E-state index in [4.69, 9.17) is 5.73 Å². The molecule has 0 saturated carbocycles. The number of carbonyl (C=O) groups excluding carboxylic acids is 2. The molecule has 0 spiro atoms. The maximum absolute atomic E-state index is 12.6. The first-order valence-corrected chi connectivity index (χ1v) is 8.89. The first-order chi connectivity index (χ1) is 13.0. The number of primary amides is 1. The van der Waals surface area contributed by atoms with E-state index in [9.17, 15) is 9.59 Å². The van der Waals surface area contributed by atoms with Gasteiger partial charge in [0.1, 0.15) is 5.52 Å². The minimum Gasteiger partial charge on any atom is -0.366 e. The van der Waals surface area contributed by atoms with E-state index in [-0.39, 0.29) is 5.91 Å². The number of hydrogen-bond donors (Lipinski definition) is 1. The number of fused-ring (bicyclic) bond motifs is 1. The van der Waals surface area contributed by atoms with Crippen molar-refractivity contribution in [1.82, 2.24) is 19.6 Å². The Labute approximate surface area is 157 Å². The van der Waals surface area contributed by atoms with E-state index in [2.05, 4.69) is 17.0 Å². The highest BCUT2D eigenvalue weighted by molar-refractivity contribution is 6.04. The van der Waals surface area contributed by atoms with Crippen molar-refractivity contribution in [2.24, 2.45) is 5.73 Å². The number of piperazine rings is 1. The van der Waals surface area contributed by atoms with Crippen LogP contribution >= 0.6 is 0 Å². The van der Waals surface area contributed by atoms with Gasteiger partial charge in [-0.15, -0.1) is 0 Å². The van der Waals surface area contributed by atoms with Gasteiger partial charge in [-0.05, 0) is 37.4 Å². The zero-order valence-electron chi connectivity index (χ0n) is 15.1. The zero-order chi connectivity index (χ0) is 19.0. The van der Waals surface area contributed by atoms with Crippen LogP contribution in [0.25, 0.3) is 16.6 Å². The molecule has 0 radical (unpaired) electrons. The van der Waals surface area contributed by atoms with Crippen LogP contribution in [0.3, 0.4) is 0 Å². The Bertz CT molecular complexity index is 1000. The molecule has 0 unspecified atom stereocenters. The lowest BCUT2D eigenvalue weighted by Gasteiger charge is -2.32. The van der Waals surface area contributed by atoms with Crippen molar-refractivity contribution >= 4 is 22.7 Å². The lowest BCUT2D eigenvalue weighted by Crippen LogP contribution is -2.47. The highest BCUT2D eigenvalue weighted by Gasteiger charge is 2.20. The summed E-state index contributed by atoms with van der Waals surface area (Å²) in [6.07, 6.45) is 1.85. The first-order valence-electron chi connectivity index (χ1n) is 8.89. The van der Waals surface area contributed by atoms with Crippen molar-refractivity contribution in [2.75, 3.05) is 33.2 Å². The van der Waals surface area contributed by atoms with E-state index in [1.54, 1.807) is 16.8 Å². The van der Waals surface area contributed by atoms with Crippen LogP contribution in [0, 0.1) is 0 Å². The highest BCUT2D eigenvalue weighted by Crippen LogP contribution is 2.20. The van der Waals surface area contributed by atoms with Crippen LogP contribution in [0.4, 0.5) is 0 Å². The number of hydrogen-bond acceptors (Lipinski definition) is 4. The maximum atomic E-state index is 12.6. The van der Waals surface area contributed by atoms with Crippen molar-refractivity contribution in [3.8, 4) is 5.69 Å². The molecule has 1 fully saturated rings. The van der Waals surface area contributed by atoms with Gasteiger partial charge in [0.05, 0.1) is 11.3 Å². The van der Waals surface area contributed by atoms with Gasteiger partial charge >= 0.3 is 0 Å². The molecule has 0 aliphatic carbocycles. The van der Waals surface area contributed by atoms with Crippen molar-refractivity contribution < 1.29 is 9.59 Å². The lowest BCUT2D eigenvalue weighted by molar-refractivity contribution is 0.0664. The molecule has 2 amide bonds. The van der Waals surface area contributed by atoms with Gasteiger partial charge in [0, 0.05) is 43.3 Å². The second-order valence-corrected chi connectivity index (χ2v) is 6.82. The molecule has 3 aromatic rings. The summed E-state index contributed by atoms with van der Waals surface area (Å²) >= 11 is 0. The minimum atomic E-state index is -0.501. The van der Waals surface area contributed by atoms with Crippen LogP contribution in [0.15, 0.2) is 48.7 Å². The van der Waals surface area contributed by atoms with Crippen LogP contribution in [0.2, 0.25) is 0 Å². The predicted molar refractivity (Wildman–Crippen MR) is 103 cm³/mol. The van der Waals surface area contributed by atoms with E-state index in [0.717, 1.165) is 37.3 Å². The number of aromatic nitrogens is 2. The van der Waals surface area contributed by atoms with Crippen LogP contribution in [0.1, 0.15) is 20.7 Å². The fraction of sp³-hybridized carbons (Fsp3) is 0.250. The van der Waals surface area contributed by atoms with Gasteiger partial charge in [-0.25, -0.2) is 4.68 Å². The molecule has 1 aliphatic rings. The molecular formula is C20H21N5O2. The molecular weight excluding hydrogens is 342 g/mol. The van der Waals surface area contributed by atoms with E-state index in [1.165, 1.54) is 0 Å². The normalized spacial score (nSPS) is 15.2. The Hall–Kier alpha value is -3.19. The summed E-state index contributed by atoms with van der Waals surface area (Å²) in [5, 5.41) is 5.33. The summed E-state index contributed by atoms with van der Waals surface area (Å²) in [7, 11) is 2.06. The number of amides is 2. The zero-order valence-corrected chi connectivity index (χ0v) is 15.1. The molecule has 7 heteroatoms. The third-order valence-corrected chi connectivity index (χ3v) is 4.97. The number of likely N-dealkylation sites (N-methyl/N-ethyl adjacent to an activating group) is 1. The summed E-state index contributed by atoms with van der Waals surface area (Å²) in [4.78, 5) is 28.3. The molecule has 2 heterocycles. The number of carbonyl (C=O) groups is 2. The SMILES string of the molecule is CN1CCN(C(=O)c2ccc(-n3cc4cccc(C(N)=O)c4n3)cc2)CC1. The molecule has 4 rings (SSSR count).